The quantitative estimate of drug-likeness (QED) is 0.431. The van der Waals surface area contributed by atoms with Gasteiger partial charge in [-0.05, 0) is 6.92 Å². The molecule has 3 heteroatoms. The van der Waals surface area contributed by atoms with Crippen LogP contribution in [0.15, 0.2) is 11.6 Å². The molecule has 0 aromatic heterocycles. The Balaban J connectivity index is 3.61. The van der Waals surface area contributed by atoms with Gasteiger partial charge < -0.3 is 5.32 Å². The summed E-state index contributed by atoms with van der Waals surface area (Å²) in [5, 5.41) is 10.7. The first-order chi connectivity index (χ1) is 4.35. The summed E-state index contributed by atoms with van der Waals surface area (Å²) in [5.74, 6) is 0. The molecular weight excluding hydrogens is 116 g/mol. The van der Waals surface area contributed by atoms with Crippen molar-refractivity contribution in [2.45, 2.75) is 6.92 Å². The number of amides is 1. The summed E-state index contributed by atoms with van der Waals surface area (Å²) < 4.78 is 0. The number of nitrogens with one attached hydrogen (secondary N) is 1. The van der Waals surface area contributed by atoms with Gasteiger partial charge in [-0.3, -0.25) is 4.79 Å². The largest absolute Gasteiger partial charge is 0.354 e. The van der Waals surface area contributed by atoms with Crippen molar-refractivity contribution < 1.29 is 4.79 Å². The summed E-state index contributed by atoms with van der Waals surface area (Å²) in [6.07, 6.45) is 2.23. The maximum atomic E-state index is 9.69. The van der Waals surface area contributed by atoms with Gasteiger partial charge in [0.25, 0.3) is 0 Å². The fourth-order valence-electron chi connectivity index (χ4n) is 0.358. The molecule has 0 bridgehead atoms. The summed E-state index contributed by atoms with van der Waals surface area (Å²) in [6.45, 7) is 2.08. The minimum atomic E-state index is 0.330. The van der Waals surface area contributed by atoms with Crippen molar-refractivity contribution in [2.75, 3.05) is 6.54 Å². The summed E-state index contributed by atoms with van der Waals surface area (Å²) in [7, 11) is 0. The van der Waals surface area contributed by atoms with Crippen molar-refractivity contribution >= 4 is 6.41 Å². The lowest BCUT2D eigenvalue weighted by Crippen LogP contribution is -2.13. The Bertz CT molecular complexity index is 155. The van der Waals surface area contributed by atoms with Gasteiger partial charge in [0.15, 0.2) is 0 Å². The van der Waals surface area contributed by atoms with E-state index in [0.29, 0.717) is 18.5 Å². The van der Waals surface area contributed by atoms with Gasteiger partial charge in [-0.25, -0.2) is 0 Å². The van der Waals surface area contributed by atoms with Crippen LogP contribution in [0.5, 0.6) is 0 Å². The third-order valence-corrected chi connectivity index (χ3v) is 0.868. The number of carbonyl (C=O) groups is 1. The normalized spacial score (nSPS) is 10.0. The number of allylic oxidation sites excluding steroid dienone is 1. The first kappa shape index (κ1) is 7.70. The second-order valence-corrected chi connectivity index (χ2v) is 1.42. The van der Waals surface area contributed by atoms with E-state index in [9.17, 15) is 4.79 Å². The van der Waals surface area contributed by atoms with Crippen LogP contribution in [0.3, 0.4) is 0 Å². The monoisotopic (exact) mass is 124 g/mol. The Kier molecular flexibility index (Phi) is 4.15. The Hall–Kier alpha value is -1.30. The number of hydrogen-bond acceptors (Lipinski definition) is 2. The highest BCUT2D eigenvalue weighted by atomic mass is 16.1. The van der Waals surface area contributed by atoms with E-state index in [0.717, 1.165) is 0 Å². The zero-order valence-electron chi connectivity index (χ0n) is 5.22. The lowest BCUT2D eigenvalue weighted by molar-refractivity contribution is -0.109. The average molecular weight is 124 g/mol. The van der Waals surface area contributed by atoms with Crippen LogP contribution >= 0.6 is 0 Å². The van der Waals surface area contributed by atoms with Crippen LogP contribution in [0.25, 0.3) is 0 Å². The summed E-state index contributed by atoms with van der Waals surface area (Å²) in [5.41, 5.74) is 0.571. The van der Waals surface area contributed by atoms with Gasteiger partial charge in [0.2, 0.25) is 6.41 Å². The van der Waals surface area contributed by atoms with Crippen molar-refractivity contribution in [1.29, 1.82) is 5.26 Å². The number of hydrogen-bond donors (Lipinski definition) is 1. The first-order valence-corrected chi connectivity index (χ1v) is 2.57. The molecule has 0 aromatic rings. The van der Waals surface area contributed by atoms with E-state index in [1.807, 2.05) is 6.07 Å². The molecule has 0 atom stereocenters. The molecule has 0 fully saturated rings. The van der Waals surface area contributed by atoms with Gasteiger partial charge in [-0.2, -0.15) is 5.26 Å². The van der Waals surface area contributed by atoms with E-state index in [-0.39, 0.29) is 0 Å². The fraction of sp³-hybridized carbons (Fsp3) is 0.333. The number of nitrogens with zero attached hydrogens (tertiary/aromatic N) is 1. The van der Waals surface area contributed by atoms with Crippen LogP contribution in [0.4, 0.5) is 0 Å². The van der Waals surface area contributed by atoms with Crippen molar-refractivity contribution in [3.63, 3.8) is 0 Å². The lowest BCUT2D eigenvalue weighted by Gasteiger charge is -1.91. The maximum Gasteiger partial charge on any atom is 0.207 e. The van der Waals surface area contributed by atoms with E-state index in [1.165, 1.54) is 0 Å². The van der Waals surface area contributed by atoms with Crippen LogP contribution in [0, 0.1) is 11.3 Å². The zero-order chi connectivity index (χ0) is 7.11. The molecule has 0 rings (SSSR count). The molecule has 1 amide bonds. The minimum absolute atomic E-state index is 0.330. The van der Waals surface area contributed by atoms with E-state index >= 15 is 0 Å². The van der Waals surface area contributed by atoms with E-state index in [1.54, 1.807) is 13.0 Å². The van der Waals surface area contributed by atoms with Gasteiger partial charge >= 0.3 is 0 Å². The van der Waals surface area contributed by atoms with Crippen molar-refractivity contribution in [3.05, 3.63) is 11.6 Å². The average Bonchev–Trinajstić information content (AvgIpc) is 1.91. The summed E-state index contributed by atoms with van der Waals surface area (Å²) >= 11 is 0. The molecule has 1 N–H and O–H groups in total. The molecule has 0 aliphatic heterocycles. The van der Waals surface area contributed by atoms with Crippen molar-refractivity contribution in [1.82, 2.24) is 5.32 Å². The highest BCUT2D eigenvalue weighted by molar-refractivity contribution is 5.47. The molecule has 0 heterocycles. The predicted octanol–water partition coefficient (Wildman–Crippen LogP) is 0.202. The third kappa shape index (κ3) is 3.30. The van der Waals surface area contributed by atoms with Crippen LogP contribution in [0.2, 0.25) is 0 Å². The molecule has 0 aliphatic rings. The molecule has 0 aliphatic carbocycles. The Labute approximate surface area is 54.0 Å². The van der Waals surface area contributed by atoms with Crippen LogP contribution in [0.1, 0.15) is 6.92 Å². The second kappa shape index (κ2) is 4.85. The van der Waals surface area contributed by atoms with Gasteiger partial charge in [0, 0.05) is 5.57 Å². The summed E-state index contributed by atoms with van der Waals surface area (Å²) in [4.78, 5) is 9.69. The standard InChI is InChI=1S/C6H8N2O/c1-2-6(3-7)4-8-5-9/h2,5H,4H2,1H3,(H,8,9)/b6-2+. The highest BCUT2D eigenvalue weighted by Crippen LogP contribution is 1.85. The van der Waals surface area contributed by atoms with E-state index in [4.69, 9.17) is 5.26 Å². The third-order valence-electron chi connectivity index (χ3n) is 0.868. The van der Waals surface area contributed by atoms with Crippen LogP contribution in [-0.2, 0) is 4.79 Å². The molecule has 3 nitrogen and oxygen atoms in total. The lowest BCUT2D eigenvalue weighted by atomic mass is 10.3. The molecule has 0 radical (unpaired) electrons. The Morgan fingerprint density at radius 3 is 2.89 bits per heavy atom. The van der Waals surface area contributed by atoms with Gasteiger partial charge in [-0.1, -0.05) is 6.08 Å². The SMILES string of the molecule is C/C=C(\C#N)CNC=O. The Morgan fingerprint density at radius 1 is 1.89 bits per heavy atom. The molecule has 0 unspecified atom stereocenters. The number of rotatable bonds is 3. The second-order valence-electron chi connectivity index (χ2n) is 1.42. The fourth-order valence-corrected chi connectivity index (χ4v) is 0.358. The molecular formula is C6H8N2O. The van der Waals surface area contributed by atoms with E-state index < -0.39 is 0 Å². The Morgan fingerprint density at radius 2 is 2.56 bits per heavy atom. The van der Waals surface area contributed by atoms with Gasteiger partial charge in [0.1, 0.15) is 0 Å². The molecule has 0 saturated carbocycles. The maximum absolute atomic E-state index is 9.69. The van der Waals surface area contributed by atoms with Gasteiger partial charge in [-0.15, -0.1) is 0 Å². The molecule has 48 valence electrons. The smallest absolute Gasteiger partial charge is 0.207 e. The molecule has 0 saturated heterocycles. The first-order valence-electron chi connectivity index (χ1n) is 2.57. The molecule has 0 spiro atoms. The van der Waals surface area contributed by atoms with Gasteiger partial charge in [0.05, 0.1) is 12.6 Å². The number of carbonyl (C=O) groups excluding carboxylic acids is 1. The molecule has 0 aromatic carbocycles. The topological polar surface area (TPSA) is 52.9 Å². The summed E-state index contributed by atoms with van der Waals surface area (Å²) in [6, 6.07) is 1.93. The van der Waals surface area contributed by atoms with Crippen molar-refractivity contribution in [2.24, 2.45) is 0 Å². The molecule has 9 heavy (non-hydrogen) atoms. The van der Waals surface area contributed by atoms with Crippen LogP contribution < -0.4 is 5.32 Å². The highest BCUT2D eigenvalue weighted by Gasteiger charge is 1.88. The van der Waals surface area contributed by atoms with E-state index in [2.05, 4.69) is 5.32 Å². The minimum Gasteiger partial charge on any atom is -0.354 e. The number of nitriles is 1. The zero-order valence-corrected chi connectivity index (χ0v) is 5.22. The van der Waals surface area contributed by atoms with Crippen LogP contribution in [-0.4, -0.2) is 13.0 Å². The van der Waals surface area contributed by atoms with Crippen molar-refractivity contribution in [3.8, 4) is 6.07 Å². The predicted molar refractivity (Wildman–Crippen MR) is 33.4 cm³/mol.